The van der Waals surface area contributed by atoms with E-state index >= 15 is 0 Å². The normalized spacial score (nSPS) is 16.8. The van der Waals surface area contributed by atoms with Crippen LogP contribution < -0.4 is 15.0 Å². The summed E-state index contributed by atoms with van der Waals surface area (Å²) in [6.45, 7) is 2.89. The maximum absolute atomic E-state index is 12.3. The van der Waals surface area contributed by atoms with Crippen LogP contribution in [0.3, 0.4) is 0 Å². The van der Waals surface area contributed by atoms with Gasteiger partial charge in [-0.15, -0.1) is 0 Å². The number of carbonyl (C=O) groups excluding carboxylic acids is 2. The van der Waals surface area contributed by atoms with Crippen LogP contribution in [0, 0.1) is 0 Å². The summed E-state index contributed by atoms with van der Waals surface area (Å²) < 4.78 is 5.29. The molecule has 114 valence electrons. The van der Waals surface area contributed by atoms with Gasteiger partial charge < -0.3 is 19.9 Å². The minimum Gasteiger partial charge on any atom is -0.495 e. The number of ether oxygens (including phenoxy) is 1. The zero-order chi connectivity index (χ0) is 15.4. The van der Waals surface area contributed by atoms with E-state index < -0.39 is 0 Å². The summed E-state index contributed by atoms with van der Waals surface area (Å²) in [5, 5.41) is 2.90. The van der Waals surface area contributed by atoms with Crippen LogP contribution in [0.1, 0.15) is 6.92 Å². The van der Waals surface area contributed by atoms with Crippen LogP contribution in [0.15, 0.2) is 24.3 Å². The van der Waals surface area contributed by atoms with Gasteiger partial charge in [0.2, 0.25) is 11.8 Å². The Hall–Kier alpha value is -2.08. The lowest BCUT2D eigenvalue weighted by atomic mass is 10.2. The number of para-hydroxylation sites is 2. The van der Waals surface area contributed by atoms with E-state index in [0.717, 1.165) is 5.69 Å². The third-order valence-corrected chi connectivity index (χ3v) is 3.71. The van der Waals surface area contributed by atoms with Gasteiger partial charge in [0.25, 0.3) is 0 Å². The topological polar surface area (TPSA) is 61.9 Å². The molecule has 1 aliphatic rings. The number of piperazine rings is 1. The van der Waals surface area contributed by atoms with E-state index in [1.807, 2.05) is 24.3 Å². The van der Waals surface area contributed by atoms with Crippen molar-refractivity contribution >= 4 is 17.5 Å². The van der Waals surface area contributed by atoms with Crippen molar-refractivity contribution in [3.8, 4) is 5.75 Å². The van der Waals surface area contributed by atoms with E-state index in [4.69, 9.17) is 4.74 Å². The summed E-state index contributed by atoms with van der Waals surface area (Å²) in [6.07, 6.45) is 0. The van der Waals surface area contributed by atoms with Crippen LogP contribution in [0.25, 0.3) is 0 Å². The van der Waals surface area contributed by atoms with Gasteiger partial charge in [-0.1, -0.05) is 12.1 Å². The molecule has 1 aromatic rings. The second-order valence-corrected chi connectivity index (χ2v) is 4.99. The number of nitrogens with zero attached hydrogens (tertiary/aromatic N) is 2. The molecule has 6 heteroatoms. The van der Waals surface area contributed by atoms with Crippen LogP contribution in [0.4, 0.5) is 5.69 Å². The van der Waals surface area contributed by atoms with E-state index in [-0.39, 0.29) is 24.4 Å². The van der Waals surface area contributed by atoms with Gasteiger partial charge in [-0.3, -0.25) is 9.59 Å². The van der Waals surface area contributed by atoms with Gasteiger partial charge >= 0.3 is 0 Å². The Morgan fingerprint density at radius 1 is 1.33 bits per heavy atom. The molecule has 2 rings (SSSR count). The highest BCUT2D eigenvalue weighted by Crippen LogP contribution is 2.28. The molecule has 0 saturated carbocycles. The van der Waals surface area contributed by atoms with Gasteiger partial charge in [-0.05, 0) is 26.1 Å². The molecule has 1 saturated heterocycles. The highest BCUT2D eigenvalue weighted by Gasteiger charge is 2.30. The first-order chi connectivity index (χ1) is 10.1. The van der Waals surface area contributed by atoms with Crippen molar-refractivity contribution in [2.75, 3.05) is 38.7 Å². The Bertz CT molecular complexity index is 533. The van der Waals surface area contributed by atoms with E-state index in [1.165, 1.54) is 0 Å². The summed E-state index contributed by atoms with van der Waals surface area (Å²) >= 11 is 0. The molecule has 1 aromatic carbocycles. The second-order valence-electron chi connectivity index (χ2n) is 4.99. The summed E-state index contributed by atoms with van der Waals surface area (Å²) in [5.41, 5.74) is 0.749. The molecule has 6 nitrogen and oxygen atoms in total. The SMILES string of the molecule is CN[C@@H](C)C(=O)N1CCN(c2ccccc2OC)C(=O)C1. The summed E-state index contributed by atoms with van der Waals surface area (Å²) in [5.74, 6) is 0.516. The molecule has 0 radical (unpaired) electrons. The summed E-state index contributed by atoms with van der Waals surface area (Å²) in [7, 11) is 3.31. The second kappa shape index (κ2) is 6.58. The Labute approximate surface area is 124 Å². The Morgan fingerprint density at radius 2 is 2.05 bits per heavy atom. The highest BCUT2D eigenvalue weighted by molar-refractivity contribution is 5.99. The summed E-state index contributed by atoms with van der Waals surface area (Å²) in [4.78, 5) is 27.7. The van der Waals surface area contributed by atoms with E-state index in [2.05, 4.69) is 5.32 Å². The van der Waals surface area contributed by atoms with E-state index in [1.54, 1.807) is 30.9 Å². The van der Waals surface area contributed by atoms with Crippen molar-refractivity contribution in [2.24, 2.45) is 0 Å². The molecule has 1 heterocycles. The Balaban J connectivity index is 2.11. The highest BCUT2D eigenvalue weighted by atomic mass is 16.5. The number of rotatable bonds is 4. The number of methoxy groups -OCH3 is 1. The van der Waals surface area contributed by atoms with Crippen LogP contribution in [-0.4, -0.2) is 56.5 Å². The van der Waals surface area contributed by atoms with Gasteiger partial charge in [0.15, 0.2) is 0 Å². The standard InChI is InChI=1S/C15H21N3O3/c1-11(16-2)15(20)17-8-9-18(14(19)10-17)12-6-4-5-7-13(12)21-3/h4-7,11,16H,8-10H2,1-3H3/t11-/m0/s1. The zero-order valence-corrected chi connectivity index (χ0v) is 12.6. The van der Waals surface area contributed by atoms with Crippen molar-refractivity contribution in [3.63, 3.8) is 0 Å². The number of nitrogens with one attached hydrogen (secondary N) is 1. The number of hydrogen-bond acceptors (Lipinski definition) is 4. The molecular formula is C15H21N3O3. The minimum atomic E-state index is -0.282. The van der Waals surface area contributed by atoms with Crippen LogP contribution in [0.2, 0.25) is 0 Å². The van der Waals surface area contributed by atoms with Gasteiger partial charge in [0, 0.05) is 13.1 Å². The molecule has 0 bridgehead atoms. The molecule has 1 atom stereocenters. The fourth-order valence-corrected chi connectivity index (χ4v) is 2.37. The fraction of sp³-hybridized carbons (Fsp3) is 0.467. The number of benzene rings is 1. The Morgan fingerprint density at radius 3 is 2.67 bits per heavy atom. The zero-order valence-electron chi connectivity index (χ0n) is 12.6. The van der Waals surface area contributed by atoms with Crippen molar-refractivity contribution in [2.45, 2.75) is 13.0 Å². The number of anilines is 1. The van der Waals surface area contributed by atoms with Crippen LogP contribution in [-0.2, 0) is 9.59 Å². The maximum atomic E-state index is 12.3. The predicted molar refractivity (Wildman–Crippen MR) is 80.4 cm³/mol. The Kier molecular flexibility index (Phi) is 4.80. The van der Waals surface area contributed by atoms with E-state index in [0.29, 0.717) is 18.8 Å². The monoisotopic (exact) mass is 291 g/mol. The third kappa shape index (κ3) is 3.16. The molecule has 2 amide bonds. The van der Waals surface area contributed by atoms with E-state index in [9.17, 15) is 9.59 Å². The van der Waals surface area contributed by atoms with Crippen molar-refractivity contribution < 1.29 is 14.3 Å². The quantitative estimate of drug-likeness (QED) is 0.876. The first kappa shape index (κ1) is 15.3. The van der Waals surface area contributed by atoms with Crippen LogP contribution >= 0.6 is 0 Å². The number of hydrogen-bond donors (Lipinski definition) is 1. The largest absolute Gasteiger partial charge is 0.495 e. The van der Waals surface area contributed by atoms with Gasteiger partial charge in [-0.25, -0.2) is 0 Å². The number of carbonyl (C=O) groups is 2. The van der Waals surface area contributed by atoms with Gasteiger partial charge in [-0.2, -0.15) is 0 Å². The molecule has 1 N–H and O–H groups in total. The number of amides is 2. The molecular weight excluding hydrogens is 270 g/mol. The van der Waals surface area contributed by atoms with Crippen LogP contribution in [0.5, 0.6) is 5.75 Å². The average molecular weight is 291 g/mol. The summed E-state index contributed by atoms with van der Waals surface area (Å²) in [6, 6.07) is 7.12. The first-order valence-electron chi connectivity index (χ1n) is 6.98. The molecule has 0 aliphatic carbocycles. The molecule has 21 heavy (non-hydrogen) atoms. The lowest BCUT2D eigenvalue weighted by molar-refractivity contribution is -0.138. The lowest BCUT2D eigenvalue weighted by Gasteiger charge is -2.35. The smallest absolute Gasteiger partial charge is 0.246 e. The van der Waals surface area contributed by atoms with Crippen molar-refractivity contribution in [1.29, 1.82) is 0 Å². The minimum absolute atomic E-state index is 0.0504. The van der Waals surface area contributed by atoms with Crippen molar-refractivity contribution in [1.82, 2.24) is 10.2 Å². The van der Waals surface area contributed by atoms with Gasteiger partial charge in [0.1, 0.15) is 12.3 Å². The maximum Gasteiger partial charge on any atom is 0.246 e. The van der Waals surface area contributed by atoms with Gasteiger partial charge in [0.05, 0.1) is 18.8 Å². The average Bonchev–Trinajstić information content (AvgIpc) is 2.53. The molecule has 1 fully saturated rings. The molecule has 0 aromatic heterocycles. The third-order valence-electron chi connectivity index (χ3n) is 3.71. The lowest BCUT2D eigenvalue weighted by Crippen LogP contribution is -2.55. The van der Waals surface area contributed by atoms with Crippen molar-refractivity contribution in [3.05, 3.63) is 24.3 Å². The first-order valence-corrected chi connectivity index (χ1v) is 6.98. The predicted octanol–water partition coefficient (Wildman–Crippen LogP) is 0.478. The molecule has 0 unspecified atom stereocenters. The fourth-order valence-electron chi connectivity index (χ4n) is 2.37. The molecule has 1 aliphatic heterocycles. The molecule has 0 spiro atoms. The number of likely N-dealkylation sites (N-methyl/N-ethyl adjacent to an activating group) is 1.